The van der Waals surface area contributed by atoms with Crippen molar-refractivity contribution < 1.29 is 37.7 Å². The van der Waals surface area contributed by atoms with Gasteiger partial charge in [0.1, 0.15) is 0 Å². The van der Waals surface area contributed by atoms with Crippen molar-refractivity contribution in [3.63, 3.8) is 0 Å². The van der Waals surface area contributed by atoms with E-state index in [4.69, 9.17) is 34.9 Å². The summed E-state index contributed by atoms with van der Waals surface area (Å²) in [4.78, 5) is 9.00. The second-order valence-corrected chi connectivity index (χ2v) is 7.08. The Kier molecular flexibility index (Phi) is 226. The van der Waals surface area contributed by atoms with Crippen molar-refractivity contribution in [1.29, 1.82) is 0 Å². The molecule has 0 aliphatic heterocycles. The van der Waals surface area contributed by atoms with Gasteiger partial charge in [-0.15, -0.1) is 0 Å². The Morgan fingerprint density at radius 1 is 0.786 bits per heavy atom. The number of hydrogen-bond acceptors (Lipinski definition) is 1. The molecule has 0 aliphatic rings. The molecule has 0 aromatic carbocycles. The van der Waals surface area contributed by atoms with Crippen LogP contribution in [-0.4, -0.2) is 50.3 Å². The Morgan fingerprint density at radius 2 is 0.786 bits per heavy atom. The van der Waals surface area contributed by atoms with E-state index >= 15 is 0 Å². The van der Waals surface area contributed by atoms with Crippen LogP contribution in [0.3, 0.4) is 0 Å². The van der Waals surface area contributed by atoms with Crippen LogP contribution in [0.15, 0.2) is 0 Å². The first-order valence-corrected chi connectivity index (χ1v) is 6.67. The van der Waals surface area contributed by atoms with Crippen molar-refractivity contribution in [2.24, 2.45) is 11.5 Å². The lowest BCUT2D eigenvalue weighted by molar-refractivity contribution is 0.256. The van der Waals surface area contributed by atoms with Gasteiger partial charge in [0.2, 0.25) is 0 Å². The van der Waals surface area contributed by atoms with Crippen LogP contribution in [0.5, 0.6) is 0 Å². The predicted octanol–water partition coefficient (Wildman–Crippen LogP) is -4.24. The maximum atomic E-state index is 9.00. The number of rotatable bonds is 0. The quantitative estimate of drug-likeness (QED) is 0.413. The van der Waals surface area contributed by atoms with Crippen molar-refractivity contribution in [1.82, 2.24) is 0 Å². The number of amides is 2. The molecule has 0 rings (SSSR count). The molecule has 0 spiro atoms. The average Bonchev–Trinajstić information content (AvgIpc) is 1.25. The molecule has 0 atom stereocenters. The van der Waals surface area contributed by atoms with Crippen molar-refractivity contribution in [3.8, 4) is 0 Å². The summed E-state index contributed by atoms with van der Waals surface area (Å²) >= 11 is -1.72. The molecule has 13 heteroatoms. The highest BCUT2D eigenvalue weighted by Gasteiger charge is 2.00. The zero-order chi connectivity index (χ0) is 7.15. The molecule has 0 bridgehead atoms. The highest BCUT2D eigenvalue weighted by Crippen LogP contribution is 1.97. The molecule has 0 unspecified atom stereocenters. The van der Waals surface area contributed by atoms with Gasteiger partial charge in [0.05, 0.1) is 0 Å². The van der Waals surface area contributed by atoms with Gasteiger partial charge in [0.15, 0.2) is 0 Å². The molecule has 0 fully saturated rings. The third-order valence-electron chi connectivity index (χ3n) is 0. The molecule has 96 valence electrons. The number of urea groups is 1. The molecule has 2 amide bonds. The zero-order valence-corrected chi connectivity index (χ0v) is 10.2. The van der Waals surface area contributed by atoms with Crippen molar-refractivity contribution >= 4 is 47.6 Å². The molecular formula is CH16AlCl3N2O7. The monoisotopic (exact) mass is 300 g/mol. The SMILES string of the molecule is NC(N)=O.O.O.O.O.O.O.[Cl][Al]([Cl])[Cl]. The van der Waals surface area contributed by atoms with E-state index in [-0.39, 0.29) is 32.9 Å². The van der Waals surface area contributed by atoms with Crippen LogP contribution >= 0.6 is 30.1 Å². The Morgan fingerprint density at radius 3 is 0.786 bits per heavy atom. The van der Waals surface area contributed by atoms with E-state index in [1.165, 1.54) is 0 Å². The largest absolute Gasteiger partial charge is 0.643 e. The van der Waals surface area contributed by atoms with E-state index in [1.807, 2.05) is 0 Å². The Balaban J connectivity index is -0.00000000600. The van der Waals surface area contributed by atoms with Gasteiger partial charge in [-0.3, -0.25) is 0 Å². The van der Waals surface area contributed by atoms with E-state index in [1.54, 1.807) is 0 Å². The molecule has 0 heterocycles. The smallest absolute Gasteiger partial charge is 0.412 e. The van der Waals surface area contributed by atoms with E-state index < -0.39 is 17.4 Å². The molecule has 0 aromatic rings. The normalized spacial score (nSPS) is 3.64. The third-order valence-corrected chi connectivity index (χ3v) is 0. The van der Waals surface area contributed by atoms with Crippen LogP contribution in [0, 0.1) is 0 Å². The topological polar surface area (TPSA) is 258 Å². The lowest BCUT2D eigenvalue weighted by Crippen LogP contribution is -2.18. The summed E-state index contributed by atoms with van der Waals surface area (Å²) in [6.07, 6.45) is 0. The number of hydrogen-bond donors (Lipinski definition) is 2. The molecular weight excluding hydrogens is 285 g/mol. The fourth-order valence-corrected chi connectivity index (χ4v) is 0. The minimum Gasteiger partial charge on any atom is -0.412 e. The zero-order valence-electron chi connectivity index (χ0n) is 6.77. The van der Waals surface area contributed by atoms with Crippen LogP contribution in [-0.2, 0) is 0 Å². The molecule has 16 N–H and O–H groups in total. The standard InChI is InChI=1S/CH4N2O.Al.3ClH.6H2O/c2-1(3)4;;;;;;;;;;/h(H4,2,3,4);;3*1H;6*1H2/q;+3;;;;;;;;;/p-3. The molecule has 0 radical (unpaired) electrons. The van der Waals surface area contributed by atoms with E-state index in [2.05, 4.69) is 11.5 Å². The lowest BCUT2D eigenvalue weighted by Gasteiger charge is -1.62. The van der Waals surface area contributed by atoms with E-state index in [9.17, 15) is 0 Å². The number of halogens is 3. The minimum absolute atomic E-state index is 0. The molecule has 14 heavy (non-hydrogen) atoms. The van der Waals surface area contributed by atoms with Gasteiger partial charge in [0.25, 0.3) is 0 Å². The van der Waals surface area contributed by atoms with E-state index in [0.29, 0.717) is 0 Å². The first-order valence-electron chi connectivity index (χ1n) is 1.44. The number of carbonyl (C=O) groups is 1. The summed E-state index contributed by atoms with van der Waals surface area (Å²) in [7, 11) is 14.8. The Labute approximate surface area is 96.7 Å². The summed E-state index contributed by atoms with van der Waals surface area (Å²) < 4.78 is 0. The highest BCUT2D eigenvalue weighted by molar-refractivity contribution is 7.54. The Bertz CT molecular complexity index is 71.2. The number of primary amides is 2. The van der Waals surface area contributed by atoms with Gasteiger partial charge in [-0.05, 0) is 0 Å². The van der Waals surface area contributed by atoms with Crippen LogP contribution in [0.2, 0.25) is 0 Å². The van der Waals surface area contributed by atoms with Gasteiger partial charge in [-0.25, -0.2) is 34.9 Å². The molecule has 9 nitrogen and oxygen atoms in total. The maximum absolute atomic E-state index is 9.00. The number of nitrogens with two attached hydrogens (primary N) is 2. The van der Waals surface area contributed by atoms with Gasteiger partial charge < -0.3 is 44.3 Å². The fourth-order valence-electron chi connectivity index (χ4n) is 0. The van der Waals surface area contributed by atoms with Crippen LogP contribution in [0.4, 0.5) is 4.79 Å². The molecule has 0 aliphatic carbocycles. The lowest BCUT2D eigenvalue weighted by atomic mass is 11.2. The fraction of sp³-hybridized carbons (Fsp3) is 0. The highest BCUT2D eigenvalue weighted by atomic mass is 35.8. The average molecular weight is 301 g/mol. The minimum atomic E-state index is -1.72. The van der Waals surface area contributed by atoms with Crippen LogP contribution in [0.25, 0.3) is 0 Å². The molecule has 0 aromatic heterocycles. The summed E-state index contributed by atoms with van der Waals surface area (Å²) in [5.41, 5.74) is 8.50. The third kappa shape index (κ3) is 8690. The number of carbonyl (C=O) groups excluding carboxylic acids is 1. The van der Waals surface area contributed by atoms with Crippen molar-refractivity contribution in [2.45, 2.75) is 0 Å². The summed E-state index contributed by atoms with van der Waals surface area (Å²) in [6.45, 7) is 0. The molecule has 0 saturated carbocycles. The Hall–Kier alpha value is 0.432. The van der Waals surface area contributed by atoms with Gasteiger partial charge in [0, 0.05) is 0 Å². The van der Waals surface area contributed by atoms with Gasteiger partial charge >= 0.3 is 17.4 Å². The van der Waals surface area contributed by atoms with Gasteiger partial charge in [-0.1, -0.05) is 0 Å². The van der Waals surface area contributed by atoms with Gasteiger partial charge in [-0.2, -0.15) is 0 Å². The summed E-state index contributed by atoms with van der Waals surface area (Å²) in [6, 6.07) is -0.833. The van der Waals surface area contributed by atoms with E-state index in [0.717, 1.165) is 0 Å². The maximum Gasteiger partial charge on any atom is 0.643 e. The predicted molar refractivity (Wildman–Crippen MR) is 58.8 cm³/mol. The first-order chi connectivity index (χ1) is 3.46. The molecule has 0 saturated heterocycles. The first kappa shape index (κ1) is 62.9. The summed E-state index contributed by atoms with van der Waals surface area (Å²) in [5, 5.41) is 0. The van der Waals surface area contributed by atoms with Crippen LogP contribution < -0.4 is 11.5 Å². The second kappa shape index (κ2) is 50.2. The van der Waals surface area contributed by atoms with Crippen molar-refractivity contribution in [2.75, 3.05) is 0 Å². The van der Waals surface area contributed by atoms with Crippen LogP contribution in [0.1, 0.15) is 0 Å². The summed E-state index contributed by atoms with van der Waals surface area (Å²) in [5.74, 6) is 0. The van der Waals surface area contributed by atoms with Crippen molar-refractivity contribution in [3.05, 3.63) is 0 Å². The second-order valence-electron chi connectivity index (χ2n) is 0.650.